The van der Waals surface area contributed by atoms with E-state index in [2.05, 4.69) is 45.7 Å². The molecule has 0 N–H and O–H groups in total. The molecule has 2 nitrogen and oxygen atoms in total. The van der Waals surface area contributed by atoms with Gasteiger partial charge in [0.2, 0.25) is 0 Å². The highest BCUT2D eigenvalue weighted by Gasteiger charge is 2.15. The third kappa shape index (κ3) is 4.49. The first-order valence-electron chi connectivity index (χ1n) is 7.80. The van der Waals surface area contributed by atoms with Gasteiger partial charge in [0.05, 0.1) is 19.0 Å². The van der Waals surface area contributed by atoms with E-state index in [4.69, 9.17) is 9.97 Å². The summed E-state index contributed by atoms with van der Waals surface area (Å²) >= 11 is 8.88. The molecular weight excluding hydrogens is 412 g/mol. The van der Waals surface area contributed by atoms with Crippen LogP contribution in [0.5, 0.6) is 0 Å². The van der Waals surface area contributed by atoms with Crippen LogP contribution in [0.4, 0.5) is 0 Å². The fraction of sp³-hybridized carbons (Fsp3) is 0.625. The van der Waals surface area contributed by atoms with Gasteiger partial charge in [0.1, 0.15) is 11.0 Å². The predicted octanol–water partition coefficient (Wildman–Crippen LogP) is 6.68. The summed E-state index contributed by atoms with van der Waals surface area (Å²) in [7, 11) is 0. The van der Waals surface area contributed by atoms with Crippen LogP contribution < -0.4 is 0 Å². The van der Waals surface area contributed by atoms with Crippen molar-refractivity contribution in [1.82, 2.24) is 9.97 Å². The summed E-state index contributed by atoms with van der Waals surface area (Å²) < 4.78 is 2.16. The number of thiophene rings is 1. The lowest BCUT2D eigenvalue weighted by Gasteiger charge is -2.08. The van der Waals surface area contributed by atoms with E-state index in [1.54, 1.807) is 11.3 Å². The van der Waals surface area contributed by atoms with Crippen LogP contribution >= 0.6 is 43.2 Å². The highest BCUT2D eigenvalue weighted by molar-refractivity contribution is 9.12. The standard InChI is InChI=1S/C16H22Br2N2S/c1-3-5-7-9-11-12(10-8-6-4-2)20-14-13(19-11)15(17)21-16(14)18/h3-10H2,1-2H3. The van der Waals surface area contributed by atoms with Gasteiger partial charge < -0.3 is 0 Å². The molecule has 0 aromatic carbocycles. The Balaban J connectivity index is 2.30. The van der Waals surface area contributed by atoms with Crippen LogP contribution in [-0.2, 0) is 12.8 Å². The molecule has 2 heterocycles. The average molecular weight is 434 g/mol. The summed E-state index contributed by atoms with van der Waals surface area (Å²) in [6.45, 7) is 4.48. The van der Waals surface area contributed by atoms with Crippen molar-refractivity contribution in [3.05, 3.63) is 19.0 Å². The summed E-state index contributed by atoms with van der Waals surface area (Å²) in [4.78, 5) is 9.83. The summed E-state index contributed by atoms with van der Waals surface area (Å²) in [6.07, 6.45) is 9.55. The molecule has 0 atom stereocenters. The number of aromatic nitrogens is 2. The second-order valence-corrected chi connectivity index (χ2v) is 9.03. The lowest BCUT2D eigenvalue weighted by Crippen LogP contribution is -2.03. The monoisotopic (exact) mass is 432 g/mol. The van der Waals surface area contributed by atoms with Gasteiger partial charge in [0, 0.05) is 0 Å². The number of fused-ring (bicyclic) bond motifs is 1. The normalized spacial score (nSPS) is 11.4. The third-order valence-corrected chi connectivity index (χ3v) is 6.10. The van der Waals surface area contributed by atoms with Crippen LogP contribution in [0.1, 0.15) is 63.8 Å². The Labute approximate surface area is 148 Å². The molecule has 116 valence electrons. The zero-order valence-corrected chi connectivity index (χ0v) is 16.7. The number of unbranched alkanes of at least 4 members (excludes halogenated alkanes) is 4. The minimum atomic E-state index is 1.01. The van der Waals surface area contributed by atoms with E-state index in [9.17, 15) is 0 Å². The van der Waals surface area contributed by atoms with Crippen LogP contribution in [0, 0.1) is 0 Å². The number of aryl methyl sites for hydroxylation is 2. The summed E-state index contributed by atoms with van der Waals surface area (Å²) in [5.74, 6) is 0. The minimum absolute atomic E-state index is 1.01. The van der Waals surface area contributed by atoms with Crippen LogP contribution in [0.15, 0.2) is 7.57 Å². The lowest BCUT2D eigenvalue weighted by molar-refractivity contribution is 0.675. The minimum Gasteiger partial charge on any atom is -0.247 e. The molecule has 0 aliphatic heterocycles. The van der Waals surface area contributed by atoms with Gasteiger partial charge in [0.25, 0.3) is 0 Å². The van der Waals surface area contributed by atoms with Gasteiger partial charge in [-0.1, -0.05) is 39.5 Å². The topological polar surface area (TPSA) is 25.8 Å². The molecule has 0 fully saturated rings. The fourth-order valence-electron chi connectivity index (χ4n) is 2.44. The van der Waals surface area contributed by atoms with E-state index in [0.29, 0.717) is 0 Å². The SMILES string of the molecule is CCCCCc1nc2c(Br)sc(Br)c2nc1CCCCC. The van der Waals surface area contributed by atoms with E-state index in [-0.39, 0.29) is 0 Å². The maximum atomic E-state index is 4.92. The number of nitrogens with zero attached hydrogens (tertiary/aromatic N) is 2. The van der Waals surface area contributed by atoms with Gasteiger partial charge in [-0.05, 0) is 57.5 Å². The van der Waals surface area contributed by atoms with Gasteiger partial charge in [-0.25, -0.2) is 9.97 Å². The van der Waals surface area contributed by atoms with E-state index in [1.165, 1.54) is 49.9 Å². The van der Waals surface area contributed by atoms with Crippen molar-refractivity contribution in [3.8, 4) is 0 Å². The Morgan fingerprint density at radius 2 is 1.19 bits per heavy atom. The number of rotatable bonds is 8. The zero-order chi connectivity index (χ0) is 15.2. The number of hydrogen-bond acceptors (Lipinski definition) is 3. The van der Waals surface area contributed by atoms with E-state index < -0.39 is 0 Å². The Kier molecular flexibility index (Phi) is 7.10. The van der Waals surface area contributed by atoms with Gasteiger partial charge >= 0.3 is 0 Å². The summed E-state index contributed by atoms with van der Waals surface area (Å²) in [6, 6.07) is 0. The molecule has 0 aliphatic carbocycles. The van der Waals surface area contributed by atoms with Crippen molar-refractivity contribution < 1.29 is 0 Å². The molecule has 0 spiro atoms. The molecule has 0 bridgehead atoms. The van der Waals surface area contributed by atoms with Crippen molar-refractivity contribution in [3.63, 3.8) is 0 Å². The van der Waals surface area contributed by atoms with E-state index >= 15 is 0 Å². The van der Waals surface area contributed by atoms with Crippen LogP contribution in [0.2, 0.25) is 0 Å². The maximum Gasteiger partial charge on any atom is 0.115 e. The molecule has 0 aliphatic rings. The molecular formula is C16H22Br2N2S. The van der Waals surface area contributed by atoms with Gasteiger partial charge in [-0.2, -0.15) is 0 Å². The highest BCUT2D eigenvalue weighted by atomic mass is 79.9. The van der Waals surface area contributed by atoms with Gasteiger partial charge in [-0.3, -0.25) is 0 Å². The summed E-state index contributed by atoms with van der Waals surface area (Å²) in [5.41, 5.74) is 4.44. The van der Waals surface area contributed by atoms with Crippen LogP contribution in [0.3, 0.4) is 0 Å². The molecule has 0 amide bonds. The first-order valence-corrected chi connectivity index (χ1v) is 10.2. The summed E-state index contributed by atoms with van der Waals surface area (Å²) in [5, 5.41) is 0. The van der Waals surface area contributed by atoms with Crippen molar-refractivity contribution in [2.75, 3.05) is 0 Å². The molecule has 5 heteroatoms. The maximum absolute atomic E-state index is 4.92. The molecule has 2 rings (SSSR count). The van der Waals surface area contributed by atoms with Crippen molar-refractivity contribution >= 4 is 54.2 Å². The van der Waals surface area contributed by atoms with Crippen molar-refractivity contribution in [2.24, 2.45) is 0 Å². The molecule has 0 saturated heterocycles. The second kappa shape index (κ2) is 8.59. The average Bonchev–Trinajstić information content (AvgIpc) is 2.74. The van der Waals surface area contributed by atoms with Crippen LogP contribution in [0.25, 0.3) is 11.0 Å². The number of hydrogen-bond donors (Lipinski definition) is 0. The zero-order valence-electron chi connectivity index (χ0n) is 12.7. The fourth-order valence-corrected chi connectivity index (χ4v) is 5.25. The van der Waals surface area contributed by atoms with Crippen molar-refractivity contribution in [1.29, 1.82) is 0 Å². The Hall–Kier alpha value is -0.000000000000000167. The molecule has 2 aromatic heterocycles. The molecule has 0 radical (unpaired) electrons. The molecule has 0 saturated carbocycles. The smallest absolute Gasteiger partial charge is 0.115 e. The Morgan fingerprint density at radius 1 is 0.762 bits per heavy atom. The molecule has 2 aromatic rings. The first-order chi connectivity index (χ1) is 10.2. The van der Waals surface area contributed by atoms with Crippen molar-refractivity contribution in [2.45, 2.75) is 65.2 Å². The largest absolute Gasteiger partial charge is 0.247 e. The first kappa shape index (κ1) is 17.4. The van der Waals surface area contributed by atoms with Gasteiger partial charge in [0.15, 0.2) is 0 Å². The quantitative estimate of drug-likeness (QED) is 0.433. The van der Waals surface area contributed by atoms with E-state index in [1.807, 2.05) is 0 Å². The Morgan fingerprint density at radius 3 is 1.57 bits per heavy atom. The van der Waals surface area contributed by atoms with Crippen LogP contribution in [-0.4, -0.2) is 9.97 Å². The second-order valence-electron chi connectivity index (χ2n) is 5.38. The third-order valence-electron chi connectivity index (χ3n) is 3.64. The number of halogens is 2. The highest BCUT2D eigenvalue weighted by Crippen LogP contribution is 2.37. The molecule has 21 heavy (non-hydrogen) atoms. The predicted molar refractivity (Wildman–Crippen MR) is 99.3 cm³/mol. The van der Waals surface area contributed by atoms with E-state index in [0.717, 1.165) is 31.4 Å². The Bertz CT molecular complexity index is 545. The molecule has 0 unspecified atom stereocenters. The van der Waals surface area contributed by atoms with Gasteiger partial charge in [-0.15, -0.1) is 11.3 Å². The lowest BCUT2D eigenvalue weighted by atomic mass is 10.1.